The van der Waals surface area contributed by atoms with Gasteiger partial charge < -0.3 is 0 Å². The smallest absolute Gasteiger partial charge is 0.220 e. The van der Waals surface area contributed by atoms with Gasteiger partial charge in [-0.25, -0.2) is 9.23 Å². The molecule has 0 aromatic heterocycles. The highest BCUT2D eigenvalue weighted by atomic mass is 19.1. The quantitative estimate of drug-likeness (QED) is 0.665. The van der Waals surface area contributed by atoms with E-state index in [0.717, 1.165) is 18.8 Å². The van der Waals surface area contributed by atoms with Gasteiger partial charge in [-0.2, -0.15) is 0 Å². The van der Waals surface area contributed by atoms with Crippen molar-refractivity contribution in [3.05, 3.63) is 0 Å². The average molecular weight is 305 g/mol. The maximum atomic E-state index is 13.3. The third-order valence-corrected chi connectivity index (χ3v) is 3.95. The van der Waals surface area contributed by atoms with Crippen molar-refractivity contribution in [1.82, 2.24) is 5.64 Å². The number of rotatable bonds is 6. The Hall–Kier alpha value is -0.190. The number of hydrogen-bond donors (Lipinski definition) is 1. The van der Waals surface area contributed by atoms with E-state index < -0.39 is 6.36 Å². The van der Waals surface area contributed by atoms with Crippen molar-refractivity contribution >= 4 is 0 Å². The number of hydrogen-bond acceptors (Lipinski definition) is 3. The van der Waals surface area contributed by atoms with E-state index in [4.69, 9.17) is 9.68 Å². The van der Waals surface area contributed by atoms with Crippen LogP contribution in [0.1, 0.15) is 80.6 Å². The highest BCUT2D eigenvalue weighted by molar-refractivity contribution is 4.80. The van der Waals surface area contributed by atoms with Crippen LogP contribution in [0.3, 0.4) is 0 Å². The molecule has 3 nitrogen and oxygen atoms in total. The van der Waals surface area contributed by atoms with Gasteiger partial charge in [0.25, 0.3) is 0 Å². The van der Waals surface area contributed by atoms with Crippen LogP contribution in [0.2, 0.25) is 0 Å². The molecule has 0 spiro atoms. The topological polar surface area (TPSA) is 30.5 Å². The molecule has 0 aromatic rings. The molecule has 0 heterocycles. The van der Waals surface area contributed by atoms with E-state index in [9.17, 15) is 4.39 Å². The molecule has 1 aliphatic rings. The van der Waals surface area contributed by atoms with Crippen molar-refractivity contribution in [3.8, 4) is 0 Å². The lowest BCUT2D eigenvalue weighted by atomic mass is 9.72. The molecule has 1 saturated carbocycles. The Morgan fingerprint density at radius 3 is 2.05 bits per heavy atom. The summed E-state index contributed by atoms with van der Waals surface area (Å²) >= 11 is 0. The van der Waals surface area contributed by atoms with E-state index in [1.165, 1.54) is 12.8 Å². The van der Waals surface area contributed by atoms with Crippen LogP contribution in [0.15, 0.2) is 0 Å². The molecule has 1 rings (SSSR count). The number of halogens is 1. The zero-order chi connectivity index (χ0) is 16.5. The molecular weight excluding hydrogens is 269 g/mol. The van der Waals surface area contributed by atoms with E-state index in [0.29, 0.717) is 11.8 Å². The predicted molar refractivity (Wildman–Crippen MR) is 86.2 cm³/mol. The second kappa shape index (κ2) is 10.5. The minimum atomic E-state index is -1.30. The summed E-state index contributed by atoms with van der Waals surface area (Å²) in [4.78, 5) is 10.2. The summed E-state index contributed by atoms with van der Waals surface area (Å²) in [6, 6.07) is 0. The highest BCUT2D eigenvalue weighted by Gasteiger charge is 2.30. The fourth-order valence-corrected chi connectivity index (χ4v) is 2.61. The average Bonchev–Trinajstić information content (AvgIpc) is 2.40. The van der Waals surface area contributed by atoms with Gasteiger partial charge in [0.1, 0.15) is 0 Å². The molecule has 1 fully saturated rings. The Kier molecular flexibility index (Phi) is 10.4. The molecule has 0 saturated heterocycles. The number of alkyl halides is 1. The first-order valence-electron chi connectivity index (χ1n) is 8.49. The van der Waals surface area contributed by atoms with Crippen LogP contribution in [0.25, 0.3) is 0 Å². The lowest BCUT2D eigenvalue weighted by Crippen LogP contribution is -2.33. The van der Waals surface area contributed by atoms with Crippen LogP contribution >= 0.6 is 0 Å². The first-order valence-corrected chi connectivity index (χ1v) is 8.49. The minimum absolute atomic E-state index is 0.143. The third kappa shape index (κ3) is 9.43. The van der Waals surface area contributed by atoms with Crippen molar-refractivity contribution < 1.29 is 14.1 Å². The zero-order valence-electron chi connectivity index (χ0n) is 15.0. The van der Waals surface area contributed by atoms with Gasteiger partial charge in [-0.15, -0.1) is 0 Å². The van der Waals surface area contributed by atoms with Crippen LogP contribution in [0.5, 0.6) is 0 Å². The fourth-order valence-electron chi connectivity index (χ4n) is 2.61. The summed E-state index contributed by atoms with van der Waals surface area (Å²) in [6.45, 7) is 14.8. The second-order valence-corrected chi connectivity index (χ2v) is 7.20. The van der Waals surface area contributed by atoms with Crippen LogP contribution in [0, 0.1) is 17.3 Å². The molecule has 0 amide bonds. The van der Waals surface area contributed by atoms with Crippen molar-refractivity contribution in [2.45, 2.75) is 93.0 Å². The Morgan fingerprint density at radius 2 is 1.62 bits per heavy atom. The summed E-state index contributed by atoms with van der Waals surface area (Å²) < 4.78 is 13.3. The maximum Gasteiger partial charge on any atom is 0.220 e. The third-order valence-electron chi connectivity index (χ3n) is 3.95. The van der Waals surface area contributed by atoms with Crippen LogP contribution in [-0.4, -0.2) is 12.5 Å². The molecule has 1 unspecified atom stereocenters. The largest absolute Gasteiger partial charge is 0.273 e. The molecule has 0 bridgehead atoms. The highest BCUT2D eigenvalue weighted by Crippen LogP contribution is 2.38. The molecule has 0 radical (unpaired) electrons. The van der Waals surface area contributed by atoms with Gasteiger partial charge in [-0.3, -0.25) is 4.84 Å². The van der Waals surface area contributed by atoms with Gasteiger partial charge in [-0.05, 0) is 42.9 Å². The van der Waals surface area contributed by atoms with Crippen molar-refractivity contribution in [1.29, 1.82) is 0 Å². The number of nitrogens with one attached hydrogen (secondary N) is 1. The summed E-state index contributed by atoms with van der Waals surface area (Å²) in [6.07, 6.45) is 3.59. The Labute approximate surface area is 130 Å². The van der Waals surface area contributed by atoms with E-state index in [-0.39, 0.29) is 12.0 Å². The van der Waals surface area contributed by atoms with Gasteiger partial charge in [0.05, 0.1) is 6.10 Å². The van der Waals surface area contributed by atoms with Gasteiger partial charge in [-0.1, -0.05) is 54.1 Å². The fraction of sp³-hybridized carbons (Fsp3) is 1.00. The molecule has 4 heteroatoms. The standard InChI is InChI=1S/C15H30FNO2.C2H6/c1-11(2)10-14(16)19-17-18-13-8-6-12(7-9-13)15(3,4)5;1-2/h11-14,17H,6-10H2,1-5H3;1-2H3. The van der Waals surface area contributed by atoms with Gasteiger partial charge >= 0.3 is 0 Å². The van der Waals surface area contributed by atoms with Crippen molar-refractivity contribution in [3.63, 3.8) is 0 Å². The van der Waals surface area contributed by atoms with Gasteiger partial charge in [0.15, 0.2) is 0 Å². The summed E-state index contributed by atoms with van der Waals surface area (Å²) in [5, 5.41) is 0. The van der Waals surface area contributed by atoms with E-state index >= 15 is 0 Å². The summed E-state index contributed by atoms with van der Waals surface area (Å²) in [7, 11) is 0. The van der Waals surface area contributed by atoms with Gasteiger partial charge in [0, 0.05) is 6.42 Å². The molecule has 0 aliphatic heterocycles. The molecule has 128 valence electrons. The SMILES string of the molecule is CC.CC(C)CC(F)ONOC1CCC(C(C)(C)C)CC1. The Morgan fingerprint density at radius 1 is 1.10 bits per heavy atom. The van der Waals surface area contributed by atoms with Gasteiger partial charge in [0.2, 0.25) is 6.36 Å². The first kappa shape index (κ1) is 20.8. The second-order valence-electron chi connectivity index (χ2n) is 7.20. The van der Waals surface area contributed by atoms with E-state index in [1.54, 1.807) is 0 Å². The maximum absolute atomic E-state index is 13.3. The van der Waals surface area contributed by atoms with Crippen LogP contribution in [-0.2, 0) is 9.68 Å². The molecular formula is C17H36FNO2. The molecule has 21 heavy (non-hydrogen) atoms. The molecule has 0 aromatic carbocycles. The minimum Gasteiger partial charge on any atom is -0.273 e. The zero-order valence-corrected chi connectivity index (χ0v) is 15.0. The molecule has 1 aliphatic carbocycles. The van der Waals surface area contributed by atoms with E-state index in [2.05, 4.69) is 26.4 Å². The predicted octanol–water partition coefficient (Wildman–Crippen LogP) is 5.41. The van der Waals surface area contributed by atoms with E-state index in [1.807, 2.05) is 27.7 Å². The van der Waals surface area contributed by atoms with Crippen LogP contribution in [0.4, 0.5) is 4.39 Å². The Bertz CT molecular complexity index is 246. The monoisotopic (exact) mass is 305 g/mol. The molecule has 1 N–H and O–H groups in total. The van der Waals surface area contributed by atoms with Crippen molar-refractivity contribution in [2.24, 2.45) is 17.3 Å². The van der Waals surface area contributed by atoms with Crippen LogP contribution < -0.4 is 5.64 Å². The summed E-state index contributed by atoms with van der Waals surface area (Å²) in [5.74, 6) is 1.03. The normalized spacial score (nSPS) is 24.4. The summed E-state index contributed by atoms with van der Waals surface area (Å²) in [5.41, 5.74) is 2.71. The molecule has 1 atom stereocenters. The lowest BCUT2D eigenvalue weighted by molar-refractivity contribution is -0.255. The first-order chi connectivity index (χ1) is 9.79. The lowest BCUT2D eigenvalue weighted by Gasteiger charge is -2.36. The van der Waals surface area contributed by atoms with Crippen molar-refractivity contribution in [2.75, 3.05) is 0 Å². The Balaban J connectivity index is 0.00000191.